The smallest absolute Gasteiger partial charge is 0.371 e. The first kappa shape index (κ1) is 14.7. The number of carbonyl (C=O) groups is 1. The lowest BCUT2D eigenvalue weighted by atomic mass is 10.1. The number of nitriles is 1. The third-order valence-electron chi connectivity index (χ3n) is 2.63. The Morgan fingerprint density at radius 3 is 2.57 bits per heavy atom. The van der Waals surface area contributed by atoms with E-state index in [-0.39, 0.29) is 11.1 Å². The van der Waals surface area contributed by atoms with Crippen LogP contribution in [0.25, 0.3) is 0 Å². The average Bonchev–Trinajstić information content (AvgIpc) is 2.91. The van der Waals surface area contributed by atoms with Crippen molar-refractivity contribution < 1.29 is 27.1 Å². The molecular formula is C13H8FNO5S. The molecule has 0 saturated carbocycles. The number of sulfone groups is 1. The van der Waals surface area contributed by atoms with Gasteiger partial charge in [-0.1, -0.05) is 6.07 Å². The number of carboxylic acid groups (broad SMARTS) is 1. The van der Waals surface area contributed by atoms with Gasteiger partial charge in [0, 0.05) is 5.56 Å². The maximum absolute atomic E-state index is 13.7. The molecule has 2 aromatic rings. The third kappa shape index (κ3) is 3.09. The van der Waals surface area contributed by atoms with E-state index in [1.807, 2.05) is 0 Å². The van der Waals surface area contributed by atoms with E-state index in [1.54, 1.807) is 6.07 Å². The van der Waals surface area contributed by atoms with Crippen LogP contribution in [0.3, 0.4) is 0 Å². The highest BCUT2D eigenvalue weighted by molar-refractivity contribution is 7.90. The van der Waals surface area contributed by atoms with Crippen LogP contribution in [-0.2, 0) is 15.6 Å². The van der Waals surface area contributed by atoms with E-state index in [1.165, 1.54) is 12.1 Å². The summed E-state index contributed by atoms with van der Waals surface area (Å²) in [5, 5.41) is 16.7. The van der Waals surface area contributed by atoms with Crippen LogP contribution in [0.1, 0.15) is 21.7 Å². The minimum absolute atomic E-state index is 0.0693. The molecule has 1 aromatic carbocycles. The second kappa shape index (κ2) is 5.38. The van der Waals surface area contributed by atoms with Gasteiger partial charge in [0.15, 0.2) is 0 Å². The molecular weight excluding hydrogens is 301 g/mol. The molecule has 2 rings (SSSR count). The predicted molar refractivity (Wildman–Crippen MR) is 67.7 cm³/mol. The van der Waals surface area contributed by atoms with Crippen molar-refractivity contribution in [3.63, 3.8) is 0 Å². The van der Waals surface area contributed by atoms with Crippen molar-refractivity contribution in [2.45, 2.75) is 10.8 Å². The van der Waals surface area contributed by atoms with Crippen molar-refractivity contribution >= 4 is 15.8 Å². The molecule has 0 unspecified atom stereocenters. The van der Waals surface area contributed by atoms with Crippen LogP contribution in [-0.4, -0.2) is 19.5 Å². The topological polar surface area (TPSA) is 108 Å². The van der Waals surface area contributed by atoms with Gasteiger partial charge in [0.1, 0.15) is 5.82 Å². The molecule has 0 aliphatic carbocycles. The number of aromatic carboxylic acids is 1. The summed E-state index contributed by atoms with van der Waals surface area (Å²) in [7, 11) is -4.02. The molecule has 0 spiro atoms. The number of carboxylic acids is 1. The summed E-state index contributed by atoms with van der Waals surface area (Å²) in [6.45, 7) is 0. The van der Waals surface area contributed by atoms with Crippen molar-refractivity contribution in [2.75, 3.05) is 0 Å². The van der Waals surface area contributed by atoms with E-state index < -0.39 is 38.2 Å². The molecule has 0 aliphatic rings. The molecule has 108 valence electrons. The second-order valence-electron chi connectivity index (χ2n) is 4.10. The number of benzene rings is 1. The van der Waals surface area contributed by atoms with Gasteiger partial charge < -0.3 is 9.52 Å². The van der Waals surface area contributed by atoms with E-state index >= 15 is 0 Å². The van der Waals surface area contributed by atoms with Crippen LogP contribution in [0, 0.1) is 17.1 Å². The zero-order chi connectivity index (χ0) is 15.6. The Labute approximate surface area is 119 Å². The summed E-state index contributed by atoms with van der Waals surface area (Å²) in [6, 6.07) is 7.14. The lowest BCUT2D eigenvalue weighted by molar-refractivity contribution is 0.0656. The maximum Gasteiger partial charge on any atom is 0.371 e. The summed E-state index contributed by atoms with van der Waals surface area (Å²) in [5.74, 6) is -3.45. The first-order valence-corrected chi connectivity index (χ1v) is 7.23. The summed E-state index contributed by atoms with van der Waals surface area (Å²) < 4.78 is 42.4. The van der Waals surface area contributed by atoms with Gasteiger partial charge in [-0.15, -0.1) is 0 Å². The average molecular weight is 309 g/mol. The van der Waals surface area contributed by atoms with Gasteiger partial charge in [0.05, 0.1) is 17.4 Å². The Morgan fingerprint density at radius 2 is 2.05 bits per heavy atom. The number of hydrogen-bond donors (Lipinski definition) is 1. The van der Waals surface area contributed by atoms with Gasteiger partial charge in [-0.2, -0.15) is 5.26 Å². The van der Waals surface area contributed by atoms with E-state index in [0.29, 0.717) is 0 Å². The fourth-order valence-corrected chi connectivity index (χ4v) is 2.89. The minimum atomic E-state index is -4.02. The van der Waals surface area contributed by atoms with Crippen molar-refractivity contribution in [1.82, 2.24) is 0 Å². The molecule has 0 radical (unpaired) electrons. The van der Waals surface area contributed by atoms with Gasteiger partial charge in [-0.05, 0) is 24.3 Å². The second-order valence-corrected chi connectivity index (χ2v) is 6.02. The number of nitrogens with zero attached hydrogens (tertiary/aromatic N) is 1. The molecule has 0 fully saturated rings. The van der Waals surface area contributed by atoms with E-state index in [2.05, 4.69) is 0 Å². The number of rotatable bonds is 4. The van der Waals surface area contributed by atoms with Gasteiger partial charge in [-0.3, -0.25) is 0 Å². The van der Waals surface area contributed by atoms with Crippen LogP contribution < -0.4 is 0 Å². The lowest BCUT2D eigenvalue weighted by Crippen LogP contribution is -2.06. The standard InChI is InChI=1S/C13H8FNO5S/c14-10-5-8(6-15)1-2-9(10)7-21(18,19)12-4-3-11(20-12)13(16)17/h1-5H,7H2,(H,16,17). The van der Waals surface area contributed by atoms with Crippen molar-refractivity contribution in [2.24, 2.45) is 0 Å². The van der Waals surface area contributed by atoms with E-state index in [4.69, 9.17) is 14.8 Å². The molecule has 0 bridgehead atoms. The molecule has 1 N–H and O–H groups in total. The first-order valence-electron chi connectivity index (χ1n) is 5.58. The van der Waals surface area contributed by atoms with Gasteiger partial charge in [-0.25, -0.2) is 17.6 Å². The number of hydrogen-bond acceptors (Lipinski definition) is 5. The Kier molecular flexibility index (Phi) is 3.78. The zero-order valence-corrected chi connectivity index (χ0v) is 11.2. The van der Waals surface area contributed by atoms with Crippen LogP contribution >= 0.6 is 0 Å². The first-order chi connectivity index (χ1) is 9.83. The van der Waals surface area contributed by atoms with Crippen molar-refractivity contribution in [3.05, 3.63) is 53.0 Å². The molecule has 21 heavy (non-hydrogen) atoms. The highest BCUT2D eigenvalue weighted by Gasteiger charge is 2.23. The zero-order valence-electron chi connectivity index (χ0n) is 10.4. The van der Waals surface area contributed by atoms with E-state index in [9.17, 15) is 17.6 Å². The monoisotopic (exact) mass is 309 g/mol. The largest absolute Gasteiger partial charge is 0.475 e. The summed E-state index contributed by atoms with van der Waals surface area (Å²) >= 11 is 0. The Hall–Kier alpha value is -2.66. The molecule has 0 amide bonds. The predicted octanol–water partition coefficient (Wildman–Crippen LogP) is 1.96. The summed E-state index contributed by atoms with van der Waals surface area (Å²) in [5.41, 5.74) is -0.0675. The van der Waals surface area contributed by atoms with Crippen LogP contribution in [0.4, 0.5) is 4.39 Å². The lowest BCUT2D eigenvalue weighted by Gasteiger charge is -2.03. The summed E-state index contributed by atoms with van der Waals surface area (Å²) in [4.78, 5) is 10.6. The third-order valence-corrected chi connectivity index (χ3v) is 4.15. The van der Waals surface area contributed by atoms with Gasteiger partial charge in [0.2, 0.25) is 20.7 Å². The van der Waals surface area contributed by atoms with Crippen LogP contribution in [0.2, 0.25) is 0 Å². The molecule has 8 heteroatoms. The SMILES string of the molecule is N#Cc1ccc(CS(=O)(=O)c2ccc(C(=O)O)o2)c(F)c1. The van der Waals surface area contributed by atoms with Crippen molar-refractivity contribution in [3.8, 4) is 6.07 Å². The Bertz CT molecular complexity index is 848. The minimum Gasteiger partial charge on any atom is -0.475 e. The molecule has 1 heterocycles. The normalized spacial score (nSPS) is 11.0. The fraction of sp³-hybridized carbons (Fsp3) is 0.0769. The molecule has 0 aliphatic heterocycles. The van der Waals surface area contributed by atoms with Gasteiger partial charge in [0.25, 0.3) is 0 Å². The Balaban J connectivity index is 2.33. The van der Waals surface area contributed by atoms with Crippen LogP contribution in [0.15, 0.2) is 39.8 Å². The number of halogens is 1. The Morgan fingerprint density at radius 1 is 1.33 bits per heavy atom. The highest BCUT2D eigenvalue weighted by Crippen LogP contribution is 2.21. The van der Waals surface area contributed by atoms with Crippen LogP contribution in [0.5, 0.6) is 0 Å². The fourth-order valence-electron chi connectivity index (χ4n) is 1.61. The maximum atomic E-state index is 13.7. The highest BCUT2D eigenvalue weighted by atomic mass is 32.2. The molecule has 1 aromatic heterocycles. The molecule has 0 saturated heterocycles. The quantitative estimate of drug-likeness (QED) is 0.924. The van der Waals surface area contributed by atoms with E-state index in [0.717, 1.165) is 18.2 Å². The summed E-state index contributed by atoms with van der Waals surface area (Å²) in [6.07, 6.45) is 0. The molecule has 0 atom stereocenters. The van der Waals surface area contributed by atoms with Crippen molar-refractivity contribution in [1.29, 1.82) is 5.26 Å². The number of furan rings is 1. The molecule has 6 nitrogen and oxygen atoms in total. The van der Waals surface area contributed by atoms with Gasteiger partial charge >= 0.3 is 5.97 Å².